The van der Waals surface area contributed by atoms with Gasteiger partial charge in [-0.1, -0.05) is 63.3 Å². The normalized spacial score (nSPS) is 21.6. The van der Waals surface area contributed by atoms with Gasteiger partial charge in [0.25, 0.3) is 0 Å². The minimum Gasteiger partial charge on any atom is -0.353 e. The molecule has 0 saturated carbocycles. The van der Waals surface area contributed by atoms with Crippen LogP contribution in [0.5, 0.6) is 0 Å². The molecule has 2 atom stereocenters. The lowest BCUT2D eigenvalue weighted by Gasteiger charge is -2.51. The lowest BCUT2D eigenvalue weighted by Crippen LogP contribution is -2.63. The van der Waals surface area contributed by atoms with Crippen LogP contribution in [0.4, 0.5) is 0 Å². The monoisotopic (exact) mass is 414 g/mol. The molecular weight excluding hydrogens is 372 g/mol. The third-order valence-corrected chi connectivity index (χ3v) is 6.14. The van der Waals surface area contributed by atoms with Crippen molar-refractivity contribution in [2.75, 3.05) is 0 Å². The van der Waals surface area contributed by atoms with E-state index in [0.717, 1.165) is 19.3 Å². The number of allylic oxidation sites excluding steroid dienone is 1. The number of hydrogen-bond donors (Lipinski definition) is 2. The second-order valence-electron chi connectivity index (χ2n) is 10.8. The molecule has 30 heavy (non-hydrogen) atoms. The van der Waals surface area contributed by atoms with Crippen LogP contribution >= 0.6 is 0 Å². The Bertz CT molecular complexity index is 691. The second-order valence-corrected chi connectivity index (χ2v) is 10.8. The van der Waals surface area contributed by atoms with E-state index in [1.54, 1.807) is 0 Å². The highest BCUT2D eigenvalue weighted by molar-refractivity contribution is 5.81. The van der Waals surface area contributed by atoms with Crippen LogP contribution in [0.25, 0.3) is 0 Å². The Morgan fingerprint density at radius 2 is 1.67 bits per heavy atom. The number of hydroxylamine groups is 2. The molecule has 1 unspecified atom stereocenters. The molecule has 1 heterocycles. The molecule has 0 aromatic heterocycles. The largest absolute Gasteiger partial charge is 0.353 e. The highest BCUT2D eigenvalue weighted by atomic mass is 16.5. The van der Waals surface area contributed by atoms with E-state index < -0.39 is 0 Å². The van der Waals surface area contributed by atoms with Crippen LogP contribution in [0.1, 0.15) is 73.3 Å². The van der Waals surface area contributed by atoms with Crippen molar-refractivity contribution in [2.24, 2.45) is 17.8 Å². The zero-order chi connectivity index (χ0) is 22.5. The van der Waals surface area contributed by atoms with Gasteiger partial charge in [-0.15, -0.1) is 0 Å². The lowest BCUT2D eigenvalue weighted by molar-refractivity contribution is -0.246. The molecular formula is C26H42N2O2. The molecule has 1 aromatic carbocycles. The summed E-state index contributed by atoms with van der Waals surface area (Å²) < 4.78 is 0. The summed E-state index contributed by atoms with van der Waals surface area (Å²) in [5.74, 6) is 0.973. The Labute approximate surface area is 183 Å². The summed E-state index contributed by atoms with van der Waals surface area (Å²) in [6, 6.07) is 10.3. The minimum atomic E-state index is -0.379. The van der Waals surface area contributed by atoms with Gasteiger partial charge in [0.15, 0.2) is 0 Å². The van der Waals surface area contributed by atoms with Crippen molar-refractivity contribution in [3.05, 3.63) is 48.0 Å². The molecule has 1 fully saturated rings. The van der Waals surface area contributed by atoms with Crippen molar-refractivity contribution in [3.8, 4) is 0 Å². The van der Waals surface area contributed by atoms with Crippen molar-refractivity contribution in [2.45, 2.75) is 91.3 Å². The summed E-state index contributed by atoms with van der Waals surface area (Å²) >= 11 is 0. The van der Waals surface area contributed by atoms with E-state index in [1.165, 1.54) is 10.6 Å². The number of hydrogen-bond acceptors (Lipinski definition) is 3. The van der Waals surface area contributed by atoms with Gasteiger partial charge in [0, 0.05) is 17.1 Å². The van der Waals surface area contributed by atoms with Crippen LogP contribution in [-0.4, -0.2) is 33.3 Å². The van der Waals surface area contributed by atoms with Crippen molar-refractivity contribution >= 4 is 5.91 Å². The highest BCUT2D eigenvalue weighted by Crippen LogP contribution is 2.36. The number of piperidine rings is 1. The minimum absolute atomic E-state index is 0.0469. The first-order chi connectivity index (χ1) is 13.9. The van der Waals surface area contributed by atoms with Gasteiger partial charge < -0.3 is 10.5 Å². The molecule has 2 rings (SSSR count). The first kappa shape index (κ1) is 24.6. The van der Waals surface area contributed by atoms with Crippen molar-refractivity contribution in [1.29, 1.82) is 0 Å². The van der Waals surface area contributed by atoms with Crippen LogP contribution in [0.3, 0.4) is 0 Å². The predicted octanol–water partition coefficient (Wildman–Crippen LogP) is 5.61. The lowest BCUT2D eigenvalue weighted by atomic mass is 9.78. The Hall–Kier alpha value is -1.65. The maximum Gasteiger partial charge on any atom is 0.227 e. The molecule has 168 valence electrons. The fourth-order valence-electron chi connectivity index (χ4n) is 4.94. The molecule has 0 aliphatic carbocycles. The quantitative estimate of drug-likeness (QED) is 0.544. The van der Waals surface area contributed by atoms with Crippen LogP contribution in [0, 0.1) is 17.8 Å². The molecule has 1 amide bonds. The van der Waals surface area contributed by atoms with Crippen LogP contribution < -0.4 is 5.32 Å². The SMILES string of the molecule is CC(C)C[C@H](C)/C=C/C(Cc1ccccc1)C(=O)NC1CC(C)(C)N(O)C(C)(C)C1. The summed E-state index contributed by atoms with van der Waals surface area (Å²) in [5.41, 5.74) is 0.414. The van der Waals surface area contributed by atoms with E-state index in [2.05, 4.69) is 50.4 Å². The van der Waals surface area contributed by atoms with E-state index in [-0.39, 0.29) is 28.9 Å². The van der Waals surface area contributed by atoms with E-state index in [0.29, 0.717) is 18.3 Å². The molecule has 4 heteroatoms. The maximum absolute atomic E-state index is 13.3. The van der Waals surface area contributed by atoms with Gasteiger partial charge in [0.1, 0.15) is 0 Å². The zero-order valence-corrected chi connectivity index (χ0v) is 20.0. The number of nitrogens with one attached hydrogen (secondary N) is 1. The summed E-state index contributed by atoms with van der Waals surface area (Å²) in [7, 11) is 0. The number of carbonyl (C=O) groups is 1. The summed E-state index contributed by atoms with van der Waals surface area (Å²) in [6.07, 6.45) is 7.58. The Kier molecular flexibility index (Phi) is 8.29. The molecule has 0 bridgehead atoms. The van der Waals surface area contributed by atoms with Crippen LogP contribution in [0.15, 0.2) is 42.5 Å². The molecule has 0 radical (unpaired) electrons. The van der Waals surface area contributed by atoms with Gasteiger partial charge >= 0.3 is 0 Å². The molecule has 0 spiro atoms. The van der Waals surface area contributed by atoms with Gasteiger partial charge in [-0.25, -0.2) is 0 Å². The molecule has 1 aliphatic rings. The summed E-state index contributed by atoms with van der Waals surface area (Å²) in [4.78, 5) is 13.3. The second kappa shape index (κ2) is 10.1. The Morgan fingerprint density at radius 3 is 2.20 bits per heavy atom. The average Bonchev–Trinajstić information content (AvgIpc) is 2.62. The highest BCUT2D eigenvalue weighted by Gasteiger charge is 2.45. The number of rotatable bonds is 8. The smallest absolute Gasteiger partial charge is 0.227 e. The Balaban J connectivity index is 2.14. The third kappa shape index (κ3) is 6.95. The van der Waals surface area contributed by atoms with E-state index in [4.69, 9.17) is 0 Å². The van der Waals surface area contributed by atoms with Crippen LogP contribution in [-0.2, 0) is 11.2 Å². The third-order valence-electron chi connectivity index (χ3n) is 6.14. The fraction of sp³-hybridized carbons (Fsp3) is 0.654. The molecule has 1 aromatic rings. The number of nitrogens with zero attached hydrogens (tertiary/aromatic N) is 1. The number of carbonyl (C=O) groups excluding carboxylic acids is 1. The van der Waals surface area contributed by atoms with Gasteiger partial charge in [0.05, 0.1) is 5.92 Å². The van der Waals surface area contributed by atoms with Gasteiger partial charge in [-0.3, -0.25) is 4.79 Å². The molecule has 1 saturated heterocycles. The van der Waals surface area contributed by atoms with Gasteiger partial charge in [-0.05, 0) is 70.8 Å². The fourth-order valence-corrected chi connectivity index (χ4v) is 4.94. The molecule has 1 aliphatic heterocycles. The van der Waals surface area contributed by atoms with Crippen molar-refractivity contribution in [1.82, 2.24) is 10.4 Å². The van der Waals surface area contributed by atoms with E-state index in [9.17, 15) is 10.0 Å². The summed E-state index contributed by atoms with van der Waals surface area (Å²) in [6.45, 7) is 14.8. The van der Waals surface area contributed by atoms with E-state index >= 15 is 0 Å². The summed E-state index contributed by atoms with van der Waals surface area (Å²) in [5, 5.41) is 15.3. The van der Waals surface area contributed by atoms with Crippen molar-refractivity contribution < 1.29 is 10.0 Å². The van der Waals surface area contributed by atoms with Crippen LogP contribution in [0.2, 0.25) is 0 Å². The first-order valence-electron chi connectivity index (χ1n) is 11.4. The first-order valence-corrected chi connectivity index (χ1v) is 11.4. The average molecular weight is 415 g/mol. The van der Waals surface area contributed by atoms with Gasteiger partial charge in [-0.2, -0.15) is 5.06 Å². The number of amides is 1. The number of benzene rings is 1. The van der Waals surface area contributed by atoms with Crippen molar-refractivity contribution in [3.63, 3.8) is 0 Å². The van der Waals surface area contributed by atoms with Gasteiger partial charge in [0.2, 0.25) is 5.91 Å². The maximum atomic E-state index is 13.3. The Morgan fingerprint density at radius 1 is 1.10 bits per heavy atom. The zero-order valence-electron chi connectivity index (χ0n) is 20.0. The molecule has 2 N–H and O–H groups in total. The topological polar surface area (TPSA) is 52.6 Å². The predicted molar refractivity (Wildman–Crippen MR) is 124 cm³/mol. The standard InChI is InChI=1S/C26H42N2O2/c1-19(2)15-20(3)13-14-22(16-21-11-9-8-10-12-21)24(29)27-23-17-25(4,5)28(30)26(6,7)18-23/h8-14,19-20,22-23,30H,15-18H2,1-7H3,(H,27,29)/b14-13+/t20-,22?/m1/s1. The van der Waals surface area contributed by atoms with E-state index in [1.807, 2.05) is 45.9 Å². The molecule has 4 nitrogen and oxygen atoms in total.